The highest BCUT2D eigenvalue weighted by Gasteiger charge is 2.25. The molecule has 1 aliphatic rings. The maximum absolute atomic E-state index is 6.55. The third-order valence-corrected chi connectivity index (χ3v) is 4.69. The number of aryl methyl sites for hydroxylation is 1. The third kappa shape index (κ3) is 3.39. The zero-order valence-electron chi connectivity index (χ0n) is 14.6. The Morgan fingerprint density at radius 1 is 1.38 bits per heavy atom. The fourth-order valence-electron chi connectivity index (χ4n) is 3.02. The van der Waals surface area contributed by atoms with Crippen molar-refractivity contribution >= 4 is 11.6 Å². The number of aromatic nitrogens is 4. The molecule has 1 atom stereocenters. The summed E-state index contributed by atoms with van der Waals surface area (Å²) in [6.45, 7) is 6.72. The second-order valence-corrected chi connectivity index (χ2v) is 7.52. The first kappa shape index (κ1) is 17.2. The van der Waals surface area contributed by atoms with E-state index in [0.717, 1.165) is 30.6 Å². The van der Waals surface area contributed by atoms with Gasteiger partial charge in [0.25, 0.3) is 0 Å². The molecule has 24 heavy (non-hydrogen) atoms. The van der Waals surface area contributed by atoms with Crippen molar-refractivity contribution in [3.8, 4) is 5.75 Å². The van der Waals surface area contributed by atoms with Crippen molar-refractivity contribution in [1.82, 2.24) is 25.5 Å². The van der Waals surface area contributed by atoms with E-state index in [4.69, 9.17) is 16.3 Å². The molecule has 1 heterocycles. The number of methoxy groups -OCH3 is 1. The summed E-state index contributed by atoms with van der Waals surface area (Å²) in [4.78, 5) is 1.65. The number of tetrazole rings is 1. The summed E-state index contributed by atoms with van der Waals surface area (Å²) >= 11 is 6.55. The Balaban J connectivity index is 1.77. The monoisotopic (exact) mass is 349 g/mol. The van der Waals surface area contributed by atoms with E-state index in [-0.39, 0.29) is 11.6 Å². The van der Waals surface area contributed by atoms with Crippen molar-refractivity contribution < 1.29 is 4.74 Å². The van der Waals surface area contributed by atoms with Gasteiger partial charge in [-0.2, -0.15) is 4.80 Å². The molecule has 1 aromatic carbocycles. The van der Waals surface area contributed by atoms with Gasteiger partial charge in [-0.1, -0.05) is 17.7 Å². The molecular weight excluding hydrogens is 326 g/mol. The number of nitrogens with zero attached hydrogens (tertiary/aromatic N) is 4. The fourth-order valence-corrected chi connectivity index (χ4v) is 3.42. The molecule has 2 aromatic rings. The summed E-state index contributed by atoms with van der Waals surface area (Å²) in [6, 6.07) is 4.24. The second kappa shape index (κ2) is 6.69. The molecule has 1 aromatic heterocycles. The zero-order valence-corrected chi connectivity index (χ0v) is 15.4. The predicted molar refractivity (Wildman–Crippen MR) is 93.3 cm³/mol. The van der Waals surface area contributed by atoms with Crippen LogP contribution in [-0.2, 0) is 18.5 Å². The van der Waals surface area contributed by atoms with Gasteiger partial charge in [0.05, 0.1) is 24.2 Å². The summed E-state index contributed by atoms with van der Waals surface area (Å²) in [7, 11) is 1.65. The van der Waals surface area contributed by atoms with Gasteiger partial charge in [-0.15, -0.1) is 10.2 Å². The van der Waals surface area contributed by atoms with E-state index in [1.54, 1.807) is 11.9 Å². The van der Waals surface area contributed by atoms with E-state index in [1.807, 2.05) is 6.07 Å². The van der Waals surface area contributed by atoms with Gasteiger partial charge < -0.3 is 10.1 Å². The summed E-state index contributed by atoms with van der Waals surface area (Å²) < 4.78 is 5.37. The van der Waals surface area contributed by atoms with E-state index in [0.29, 0.717) is 17.4 Å². The van der Waals surface area contributed by atoms with Crippen molar-refractivity contribution in [2.75, 3.05) is 7.11 Å². The molecule has 0 saturated heterocycles. The number of hydrogen-bond acceptors (Lipinski definition) is 5. The highest BCUT2D eigenvalue weighted by atomic mass is 35.5. The SMILES string of the molecule is COc1ccc2c(c1Cl)C(NCc1nnn(C(C)(C)C)n1)CCC2. The summed E-state index contributed by atoms with van der Waals surface area (Å²) in [5, 5.41) is 17.0. The Labute approximate surface area is 147 Å². The van der Waals surface area contributed by atoms with Crippen LogP contribution < -0.4 is 10.1 Å². The minimum absolute atomic E-state index is 0.167. The topological polar surface area (TPSA) is 64.9 Å². The molecule has 0 amide bonds. The summed E-state index contributed by atoms with van der Waals surface area (Å²) in [5.74, 6) is 1.41. The van der Waals surface area contributed by atoms with Gasteiger partial charge in [0.1, 0.15) is 5.75 Å². The number of benzene rings is 1. The predicted octanol–water partition coefficient (Wildman–Crippen LogP) is 3.26. The Kier molecular flexibility index (Phi) is 4.78. The third-order valence-electron chi connectivity index (χ3n) is 4.30. The van der Waals surface area contributed by atoms with Crippen molar-refractivity contribution in [3.63, 3.8) is 0 Å². The molecule has 0 fully saturated rings. The van der Waals surface area contributed by atoms with Gasteiger partial charge in [-0.25, -0.2) is 0 Å². The van der Waals surface area contributed by atoms with Crippen LogP contribution in [-0.4, -0.2) is 27.3 Å². The standard InChI is InChI=1S/C17H24ClN5O/c1-17(2,3)23-21-14(20-22-23)10-19-12-7-5-6-11-8-9-13(24-4)16(18)15(11)12/h8-9,12,19H,5-7,10H2,1-4H3. The van der Waals surface area contributed by atoms with Crippen molar-refractivity contribution in [1.29, 1.82) is 0 Å². The fraction of sp³-hybridized carbons (Fsp3) is 0.588. The van der Waals surface area contributed by atoms with Crippen molar-refractivity contribution in [3.05, 3.63) is 34.1 Å². The molecule has 3 rings (SSSR count). The number of fused-ring (bicyclic) bond motifs is 1. The highest BCUT2D eigenvalue weighted by Crippen LogP contribution is 2.40. The first-order valence-corrected chi connectivity index (χ1v) is 8.66. The second-order valence-electron chi connectivity index (χ2n) is 7.15. The molecule has 0 radical (unpaired) electrons. The first-order chi connectivity index (χ1) is 11.4. The van der Waals surface area contributed by atoms with Gasteiger partial charge in [0.15, 0.2) is 5.82 Å². The molecule has 1 unspecified atom stereocenters. The average molecular weight is 350 g/mol. The van der Waals surface area contributed by atoms with Crippen LogP contribution in [0, 0.1) is 0 Å². The van der Waals surface area contributed by atoms with Gasteiger partial charge in [0.2, 0.25) is 0 Å². The molecular formula is C17H24ClN5O. The quantitative estimate of drug-likeness (QED) is 0.917. The van der Waals surface area contributed by atoms with Crippen molar-refractivity contribution in [2.45, 2.75) is 58.2 Å². The molecule has 1 N–H and O–H groups in total. The number of halogens is 1. The number of hydrogen-bond donors (Lipinski definition) is 1. The van der Waals surface area contributed by atoms with Gasteiger partial charge in [-0.05, 0) is 62.4 Å². The van der Waals surface area contributed by atoms with Crippen molar-refractivity contribution in [2.24, 2.45) is 0 Å². The van der Waals surface area contributed by atoms with Crippen LogP contribution in [0.15, 0.2) is 12.1 Å². The van der Waals surface area contributed by atoms with Gasteiger partial charge in [0, 0.05) is 6.04 Å². The zero-order chi connectivity index (χ0) is 17.3. The molecule has 130 valence electrons. The summed E-state index contributed by atoms with van der Waals surface area (Å²) in [6.07, 6.45) is 3.22. The largest absolute Gasteiger partial charge is 0.495 e. The molecule has 0 saturated carbocycles. The van der Waals surface area contributed by atoms with Gasteiger partial charge in [-0.3, -0.25) is 0 Å². The van der Waals surface area contributed by atoms with Crippen LogP contribution in [0.25, 0.3) is 0 Å². The Hall–Kier alpha value is -1.66. The highest BCUT2D eigenvalue weighted by molar-refractivity contribution is 6.33. The van der Waals surface area contributed by atoms with Crippen LogP contribution in [0.3, 0.4) is 0 Å². The van der Waals surface area contributed by atoms with Crippen LogP contribution in [0.2, 0.25) is 5.02 Å². The molecule has 1 aliphatic carbocycles. The number of ether oxygens (including phenoxy) is 1. The molecule has 0 aliphatic heterocycles. The molecule has 0 bridgehead atoms. The Bertz CT molecular complexity index is 722. The minimum atomic E-state index is -0.167. The lowest BCUT2D eigenvalue weighted by atomic mass is 9.87. The first-order valence-electron chi connectivity index (χ1n) is 8.28. The summed E-state index contributed by atoms with van der Waals surface area (Å²) in [5.41, 5.74) is 2.26. The van der Waals surface area contributed by atoms with Crippen LogP contribution in [0.4, 0.5) is 0 Å². The van der Waals surface area contributed by atoms with Crippen LogP contribution in [0.1, 0.15) is 56.6 Å². The normalized spacial score (nSPS) is 17.6. The van der Waals surface area contributed by atoms with E-state index in [9.17, 15) is 0 Å². The van der Waals surface area contributed by atoms with Crippen LogP contribution >= 0.6 is 11.6 Å². The molecule has 7 heteroatoms. The van der Waals surface area contributed by atoms with E-state index < -0.39 is 0 Å². The average Bonchev–Trinajstić information content (AvgIpc) is 3.02. The lowest BCUT2D eigenvalue weighted by molar-refractivity contribution is 0.305. The Morgan fingerprint density at radius 2 is 2.17 bits per heavy atom. The van der Waals surface area contributed by atoms with E-state index in [2.05, 4.69) is 47.6 Å². The number of nitrogens with one attached hydrogen (secondary N) is 1. The minimum Gasteiger partial charge on any atom is -0.495 e. The molecule has 6 nitrogen and oxygen atoms in total. The maximum atomic E-state index is 6.55. The van der Waals surface area contributed by atoms with E-state index >= 15 is 0 Å². The Morgan fingerprint density at radius 3 is 2.83 bits per heavy atom. The maximum Gasteiger partial charge on any atom is 0.188 e. The lowest BCUT2D eigenvalue weighted by Crippen LogP contribution is -2.27. The number of rotatable bonds is 4. The van der Waals surface area contributed by atoms with E-state index in [1.165, 1.54) is 5.56 Å². The van der Waals surface area contributed by atoms with Gasteiger partial charge >= 0.3 is 0 Å². The molecule has 0 spiro atoms. The lowest BCUT2D eigenvalue weighted by Gasteiger charge is -2.28. The smallest absolute Gasteiger partial charge is 0.188 e. The van der Waals surface area contributed by atoms with Crippen LogP contribution in [0.5, 0.6) is 5.75 Å².